The maximum atomic E-state index is 12.7. The highest BCUT2D eigenvalue weighted by Crippen LogP contribution is 2.24. The second kappa shape index (κ2) is 9.03. The third-order valence-corrected chi connectivity index (χ3v) is 6.66. The van der Waals surface area contributed by atoms with E-state index in [4.69, 9.17) is 28.2 Å². The molecule has 168 valence electrons. The van der Waals surface area contributed by atoms with Crippen LogP contribution in [0.4, 0.5) is 16.4 Å². The van der Waals surface area contributed by atoms with E-state index in [0.717, 1.165) is 61.9 Å². The van der Waals surface area contributed by atoms with Crippen molar-refractivity contribution in [1.82, 2.24) is 24.4 Å². The van der Waals surface area contributed by atoms with Gasteiger partial charge in [-0.1, -0.05) is 29.3 Å². The van der Waals surface area contributed by atoms with E-state index < -0.39 is 0 Å². The molecule has 2 saturated heterocycles. The van der Waals surface area contributed by atoms with Crippen molar-refractivity contribution in [1.29, 1.82) is 0 Å². The van der Waals surface area contributed by atoms with E-state index in [1.807, 2.05) is 34.1 Å². The van der Waals surface area contributed by atoms with Crippen molar-refractivity contribution in [3.63, 3.8) is 0 Å². The molecule has 4 heterocycles. The molecule has 10 heteroatoms. The number of nitrogens with one attached hydrogen (secondary N) is 1. The molecule has 0 atom stereocenters. The first-order valence-electron chi connectivity index (χ1n) is 10.9. The number of carbonyl (C=O) groups excluding carboxylic acids is 1. The zero-order chi connectivity index (χ0) is 22.1. The molecule has 0 saturated carbocycles. The van der Waals surface area contributed by atoms with Gasteiger partial charge in [-0.3, -0.25) is 0 Å². The number of anilines is 2. The van der Waals surface area contributed by atoms with E-state index in [0.29, 0.717) is 29.7 Å². The topological polar surface area (TPSA) is 69.0 Å². The standard InChI is InChI=1S/C22H25Cl2N7O/c23-17-4-3-16(18(24)13-17)15-25-20-14-21(27-19-5-6-26-31(19)20)28-9-11-30(12-10-28)22(32)29-7-1-2-8-29/h3-6,13-14,25H,1-2,7-12,15H2. The summed E-state index contributed by atoms with van der Waals surface area (Å²) in [6, 6.07) is 9.54. The van der Waals surface area contributed by atoms with Crippen LogP contribution in [0.25, 0.3) is 5.65 Å². The number of piperazine rings is 1. The molecule has 0 radical (unpaired) electrons. The van der Waals surface area contributed by atoms with Gasteiger partial charge < -0.3 is 20.0 Å². The summed E-state index contributed by atoms with van der Waals surface area (Å²) >= 11 is 12.3. The summed E-state index contributed by atoms with van der Waals surface area (Å²) in [5, 5.41) is 9.06. The van der Waals surface area contributed by atoms with E-state index >= 15 is 0 Å². The highest BCUT2D eigenvalue weighted by molar-refractivity contribution is 6.35. The van der Waals surface area contributed by atoms with E-state index in [1.54, 1.807) is 16.8 Å². The van der Waals surface area contributed by atoms with Crippen LogP contribution in [0.3, 0.4) is 0 Å². The summed E-state index contributed by atoms with van der Waals surface area (Å²) in [6.45, 7) is 5.19. The van der Waals surface area contributed by atoms with Gasteiger partial charge in [-0.15, -0.1) is 0 Å². The number of fused-ring (bicyclic) bond motifs is 1. The Hall–Kier alpha value is -2.71. The van der Waals surface area contributed by atoms with Gasteiger partial charge in [0.15, 0.2) is 5.65 Å². The Morgan fingerprint density at radius 1 is 0.969 bits per heavy atom. The maximum absolute atomic E-state index is 12.7. The van der Waals surface area contributed by atoms with Crippen LogP contribution < -0.4 is 10.2 Å². The fraction of sp³-hybridized carbons (Fsp3) is 0.409. The number of benzene rings is 1. The molecule has 0 bridgehead atoms. The zero-order valence-electron chi connectivity index (χ0n) is 17.7. The normalized spacial score (nSPS) is 16.8. The van der Waals surface area contributed by atoms with Crippen molar-refractivity contribution in [2.24, 2.45) is 0 Å². The Labute approximate surface area is 196 Å². The molecule has 0 aliphatic carbocycles. The number of halogens is 2. The van der Waals surface area contributed by atoms with Crippen molar-refractivity contribution in [2.45, 2.75) is 19.4 Å². The largest absolute Gasteiger partial charge is 0.366 e. The van der Waals surface area contributed by atoms with Crippen LogP contribution in [-0.2, 0) is 6.54 Å². The Kier molecular flexibility index (Phi) is 5.97. The van der Waals surface area contributed by atoms with Gasteiger partial charge in [-0.25, -0.2) is 9.78 Å². The number of hydrogen-bond acceptors (Lipinski definition) is 5. The van der Waals surface area contributed by atoms with Crippen LogP contribution in [-0.4, -0.2) is 69.7 Å². The average molecular weight is 474 g/mol. The lowest BCUT2D eigenvalue weighted by Crippen LogP contribution is -2.52. The smallest absolute Gasteiger partial charge is 0.320 e. The number of carbonyl (C=O) groups is 1. The molecule has 2 aromatic heterocycles. The summed E-state index contributed by atoms with van der Waals surface area (Å²) in [5.41, 5.74) is 1.71. The van der Waals surface area contributed by atoms with E-state index in [9.17, 15) is 4.79 Å². The molecule has 0 unspecified atom stereocenters. The Balaban J connectivity index is 1.30. The van der Waals surface area contributed by atoms with Crippen LogP contribution in [0.5, 0.6) is 0 Å². The zero-order valence-corrected chi connectivity index (χ0v) is 19.2. The first kappa shape index (κ1) is 21.2. The molecular weight excluding hydrogens is 449 g/mol. The summed E-state index contributed by atoms with van der Waals surface area (Å²) in [5.74, 6) is 1.70. The third-order valence-electron chi connectivity index (χ3n) is 6.07. The highest BCUT2D eigenvalue weighted by atomic mass is 35.5. The molecule has 0 spiro atoms. The molecule has 2 fully saturated rings. The van der Waals surface area contributed by atoms with Crippen molar-refractivity contribution < 1.29 is 4.79 Å². The number of amides is 2. The monoisotopic (exact) mass is 473 g/mol. The SMILES string of the molecule is O=C(N1CCCC1)N1CCN(c2cc(NCc3ccc(Cl)cc3Cl)n3nccc3n2)CC1. The molecule has 2 aliphatic rings. The number of nitrogens with zero attached hydrogens (tertiary/aromatic N) is 6. The highest BCUT2D eigenvalue weighted by Gasteiger charge is 2.27. The molecular formula is C22H25Cl2N7O. The quantitative estimate of drug-likeness (QED) is 0.620. The van der Waals surface area contributed by atoms with E-state index in [-0.39, 0.29) is 6.03 Å². The lowest BCUT2D eigenvalue weighted by atomic mass is 10.2. The van der Waals surface area contributed by atoms with Crippen LogP contribution in [0.2, 0.25) is 10.0 Å². The summed E-state index contributed by atoms with van der Waals surface area (Å²) in [6.07, 6.45) is 3.95. The third kappa shape index (κ3) is 4.29. The molecule has 32 heavy (non-hydrogen) atoms. The maximum Gasteiger partial charge on any atom is 0.320 e. The van der Waals surface area contributed by atoms with Crippen molar-refractivity contribution in [2.75, 3.05) is 49.5 Å². The lowest BCUT2D eigenvalue weighted by Gasteiger charge is -2.37. The van der Waals surface area contributed by atoms with Gasteiger partial charge in [0.1, 0.15) is 11.6 Å². The molecule has 8 nitrogen and oxygen atoms in total. The fourth-order valence-corrected chi connectivity index (χ4v) is 4.75. The minimum atomic E-state index is 0.170. The van der Waals surface area contributed by atoms with Crippen LogP contribution in [0.15, 0.2) is 36.5 Å². The summed E-state index contributed by atoms with van der Waals surface area (Å²) in [4.78, 5) is 23.6. The van der Waals surface area contributed by atoms with Gasteiger partial charge in [-0.05, 0) is 30.5 Å². The first-order chi connectivity index (χ1) is 15.6. The Morgan fingerprint density at radius 2 is 1.72 bits per heavy atom. The second-order valence-corrected chi connectivity index (χ2v) is 8.98. The first-order valence-corrected chi connectivity index (χ1v) is 11.7. The van der Waals surface area contributed by atoms with Gasteiger partial charge in [0.25, 0.3) is 0 Å². The molecule has 3 aromatic rings. The molecule has 2 aliphatic heterocycles. The second-order valence-electron chi connectivity index (χ2n) is 8.14. The van der Waals surface area contributed by atoms with E-state index in [2.05, 4.69) is 15.3 Å². The van der Waals surface area contributed by atoms with Gasteiger partial charge in [0.2, 0.25) is 0 Å². The van der Waals surface area contributed by atoms with Gasteiger partial charge in [0.05, 0.1) is 6.20 Å². The molecule has 1 aromatic carbocycles. The van der Waals surface area contributed by atoms with Crippen LogP contribution >= 0.6 is 23.2 Å². The number of hydrogen-bond donors (Lipinski definition) is 1. The molecule has 5 rings (SSSR count). The predicted octanol–water partition coefficient (Wildman–Crippen LogP) is 3.99. The average Bonchev–Trinajstić information content (AvgIpc) is 3.50. The van der Waals surface area contributed by atoms with Gasteiger partial charge in [0, 0.05) is 68.0 Å². The predicted molar refractivity (Wildman–Crippen MR) is 127 cm³/mol. The number of aromatic nitrogens is 3. The van der Waals surface area contributed by atoms with Crippen molar-refractivity contribution >= 4 is 46.5 Å². The minimum absolute atomic E-state index is 0.170. The van der Waals surface area contributed by atoms with Crippen molar-refractivity contribution in [3.8, 4) is 0 Å². The Morgan fingerprint density at radius 3 is 2.47 bits per heavy atom. The van der Waals surface area contributed by atoms with Crippen LogP contribution in [0.1, 0.15) is 18.4 Å². The Bertz CT molecular complexity index is 1120. The molecule has 2 amide bonds. The van der Waals surface area contributed by atoms with Gasteiger partial charge >= 0.3 is 6.03 Å². The summed E-state index contributed by atoms with van der Waals surface area (Å²) in [7, 11) is 0. The fourth-order valence-electron chi connectivity index (χ4n) is 4.27. The number of likely N-dealkylation sites (tertiary alicyclic amines) is 1. The number of urea groups is 1. The minimum Gasteiger partial charge on any atom is -0.366 e. The van der Waals surface area contributed by atoms with E-state index in [1.165, 1.54) is 0 Å². The summed E-state index contributed by atoms with van der Waals surface area (Å²) < 4.78 is 1.78. The van der Waals surface area contributed by atoms with Gasteiger partial charge in [-0.2, -0.15) is 9.61 Å². The lowest BCUT2D eigenvalue weighted by molar-refractivity contribution is 0.159. The molecule has 1 N–H and O–H groups in total. The van der Waals surface area contributed by atoms with Crippen LogP contribution in [0, 0.1) is 0 Å². The van der Waals surface area contributed by atoms with Crippen molar-refractivity contribution in [3.05, 3.63) is 52.1 Å². The number of rotatable bonds is 4.